The fraction of sp³-hybridized carbons (Fsp3) is 0.382. The molecule has 1 aliphatic heterocycles. The van der Waals surface area contributed by atoms with Crippen molar-refractivity contribution in [3.05, 3.63) is 105 Å². The number of sulfonamides is 1. The lowest BCUT2D eigenvalue weighted by Gasteiger charge is -2.44. The Morgan fingerprint density at radius 1 is 1.09 bits per heavy atom. The highest BCUT2D eigenvalue weighted by Crippen LogP contribution is 2.31. The summed E-state index contributed by atoms with van der Waals surface area (Å²) in [6.07, 6.45) is 2.78. The van der Waals surface area contributed by atoms with Crippen LogP contribution in [0.25, 0.3) is 5.69 Å². The first-order valence-electron chi connectivity index (χ1n) is 15.4. The molecule has 46 heavy (non-hydrogen) atoms. The number of aromatic nitrogens is 3. The van der Waals surface area contributed by atoms with Gasteiger partial charge in [0.15, 0.2) is 0 Å². The summed E-state index contributed by atoms with van der Waals surface area (Å²) >= 11 is 6.49. The molecular weight excluding hydrogens is 624 g/mol. The van der Waals surface area contributed by atoms with E-state index < -0.39 is 15.6 Å². The quantitative estimate of drug-likeness (QED) is 0.249. The summed E-state index contributed by atoms with van der Waals surface area (Å²) in [5.74, 6) is -0.0302. The molecule has 4 aromatic rings. The van der Waals surface area contributed by atoms with Crippen molar-refractivity contribution in [2.45, 2.75) is 51.6 Å². The van der Waals surface area contributed by atoms with Gasteiger partial charge in [0.1, 0.15) is 10.6 Å². The number of amides is 1. The second-order valence-electron chi connectivity index (χ2n) is 12.0. The van der Waals surface area contributed by atoms with Crippen molar-refractivity contribution in [3.63, 3.8) is 0 Å². The smallest absolute Gasteiger partial charge is 0.296 e. The van der Waals surface area contributed by atoms with Crippen LogP contribution in [0.5, 0.6) is 0 Å². The first kappa shape index (κ1) is 33.4. The number of hydrogen-bond acceptors (Lipinski definition) is 6. The number of carbonyl (C=O) groups is 1. The van der Waals surface area contributed by atoms with Gasteiger partial charge in [-0.2, -0.15) is 0 Å². The van der Waals surface area contributed by atoms with Crippen LogP contribution in [0.4, 0.5) is 5.69 Å². The van der Waals surface area contributed by atoms with Gasteiger partial charge >= 0.3 is 0 Å². The Morgan fingerprint density at radius 3 is 2.46 bits per heavy atom. The van der Waals surface area contributed by atoms with Crippen LogP contribution in [0.15, 0.2) is 76.6 Å². The van der Waals surface area contributed by atoms with Gasteiger partial charge in [-0.3, -0.25) is 28.5 Å². The average molecular weight is 665 g/mol. The summed E-state index contributed by atoms with van der Waals surface area (Å²) in [7, 11) is -1.30. The lowest BCUT2D eigenvalue weighted by molar-refractivity contribution is 0.0302. The van der Waals surface area contributed by atoms with Crippen molar-refractivity contribution in [1.29, 1.82) is 0 Å². The van der Waals surface area contributed by atoms with Crippen molar-refractivity contribution >= 4 is 33.2 Å². The molecular formula is C34H41ClN6O4S. The second kappa shape index (κ2) is 13.4. The lowest BCUT2D eigenvalue weighted by atomic mass is 9.94. The van der Waals surface area contributed by atoms with Gasteiger partial charge in [0.25, 0.3) is 21.5 Å². The van der Waals surface area contributed by atoms with Crippen molar-refractivity contribution in [2.75, 3.05) is 31.0 Å². The van der Waals surface area contributed by atoms with E-state index in [4.69, 9.17) is 11.6 Å². The number of carbonyl (C=O) groups excluding carboxylic acids is 1. The monoisotopic (exact) mass is 664 g/mol. The van der Waals surface area contributed by atoms with Crippen LogP contribution in [-0.2, 0) is 23.6 Å². The zero-order chi connectivity index (χ0) is 33.3. The predicted molar refractivity (Wildman–Crippen MR) is 181 cm³/mol. The summed E-state index contributed by atoms with van der Waals surface area (Å²) in [6, 6.07) is 17.4. The minimum absolute atomic E-state index is 0.00381. The predicted octanol–water partition coefficient (Wildman–Crippen LogP) is 5.04. The summed E-state index contributed by atoms with van der Waals surface area (Å²) < 4.78 is 32.1. The summed E-state index contributed by atoms with van der Waals surface area (Å²) in [5, 5.41) is -0.0321. The SMILES string of the molecule is CCC(C)C1CN(Cc2ccc(C)nc2)CCN1C(=O)c1ccc(Cl)c(S(=O)(=O)N(C)c2c(C)n(C)n(-c3ccccc3)c2=O)c1. The van der Waals surface area contributed by atoms with Gasteiger partial charge in [-0.15, -0.1) is 0 Å². The molecule has 1 saturated heterocycles. The van der Waals surface area contributed by atoms with Crippen LogP contribution in [-0.4, -0.2) is 71.2 Å². The molecule has 0 saturated carbocycles. The third kappa shape index (κ3) is 6.36. The maximum atomic E-state index is 14.1. The van der Waals surface area contributed by atoms with Gasteiger partial charge in [-0.05, 0) is 61.7 Å². The fourth-order valence-electron chi connectivity index (χ4n) is 6.06. The largest absolute Gasteiger partial charge is 0.333 e. The van der Waals surface area contributed by atoms with Gasteiger partial charge < -0.3 is 4.90 Å². The van der Waals surface area contributed by atoms with Gasteiger partial charge in [-0.25, -0.2) is 13.1 Å². The van der Waals surface area contributed by atoms with Crippen molar-refractivity contribution in [1.82, 2.24) is 24.1 Å². The van der Waals surface area contributed by atoms with Crippen LogP contribution in [0.2, 0.25) is 5.02 Å². The Labute approximate surface area is 275 Å². The number of pyridine rings is 1. The fourth-order valence-corrected chi connectivity index (χ4v) is 7.80. The molecule has 1 aliphatic rings. The van der Waals surface area contributed by atoms with Gasteiger partial charge in [0.2, 0.25) is 0 Å². The van der Waals surface area contributed by atoms with E-state index in [9.17, 15) is 18.0 Å². The molecule has 2 atom stereocenters. The number of nitrogens with zero attached hydrogens (tertiary/aromatic N) is 6. The molecule has 3 heterocycles. The van der Waals surface area contributed by atoms with Crippen LogP contribution in [0, 0.1) is 19.8 Å². The van der Waals surface area contributed by atoms with Gasteiger partial charge in [-0.1, -0.05) is 56.1 Å². The Morgan fingerprint density at radius 2 is 1.80 bits per heavy atom. The molecule has 0 N–H and O–H groups in total. The molecule has 1 fully saturated rings. The van der Waals surface area contributed by atoms with E-state index >= 15 is 0 Å². The lowest BCUT2D eigenvalue weighted by Crippen LogP contribution is -2.57. The normalized spacial score (nSPS) is 16.4. The summed E-state index contributed by atoms with van der Waals surface area (Å²) in [4.78, 5) is 36.1. The number of anilines is 1. The molecule has 5 rings (SSSR count). The molecule has 0 spiro atoms. The number of piperazine rings is 1. The van der Waals surface area contributed by atoms with Gasteiger partial charge in [0, 0.05) is 63.8 Å². The Balaban J connectivity index is 1.44. The molecule has 244 valence electrons. The highest BCUT2D eigenvalue weighted by Gasteiger charge is 2.36. The maximum absolute atomic E-state index is 14.1. The van der Waals surface area contributed by atoms with Crippen LogP contribution in [0.3, 0.4) is 0 Å². The third-order valence-electron chi connectivity index (χ3n) is 9.10. The number of hydrogen-bond donors (Lipinski definition) is 0. The maximum Gasteiger partial charge on any atom is 0.296 e. The molecule has 2 aromatic heterocycles. The number of rotatable bonds is 9. The van der Waals surface area contributed by atoms with Crippen molar-refractivity contribution in [3.8, 4) is 5.69 Å². The first-order chi connectivity index (χ1) is 21.8. The van der Waals surface area contributed by atoms with Crippen LogP contribution in [0.1, 0.15) is 47.6 Å². The molecule has 12 heteroatoms. The molecule has 2 aromatic carbocycles. The Hall–Kier alpha value is -3.93. The minimum atomic E-state index is -4.33. The molecule has 10 nitrogen and oxygen atoms in total. The van der Waals surface area contributed by atoms with Crippen molar-refractivity contribution < 1.29 is 13.2 Å². The average Bonchev–Trinajstić information content (AvgIpc) is 3.28. The first-order valence-corrected chi connectivity index (χ1v) is 17.2. The Kier molecular flexibility index (Phi) is 9.76. The van der Waals surface area contributed by atoms with E-state index in [1.165, 1.54) is 23.9 Å². The topological polar surface area (TPSA) is 101 Å². The van der Waals surface area contributed by atoms with E-state index in [-0.39, 0.29) is 39.0 Å². The second-order valence-corrected chi connectivity index (χ2v) is 14.4. The standard InChI is InChI=1S/C34H41ClN6O4S/c1-7-23(2)30-22-39(21-26-14-13-24(3)36-20-26)17-18-40(30)33(42)27-15-16-29(35)31(19-27)46(44,45)38(6)32-25(4)37(5)41(34(32)43)28-11-9-8-10-12-28/h8-16,19-20,23,30H,7,17-18,21-22H2,1-6H3. The van der Waals surface area contributed by atoms with Gasteiger partial charge in [0.05, 0.1) is 16.4 Å². The molecule has 1 amide bonds. The van der Waals surface area contributed by atoms with Crippen LogP contribution >= 0.6 is 11.6 Å². The minimum Gasteiger partial charge on any atom is -0.333 e. The van der Waals surface area contributed by atoms with E-state index in [1.54, 1.807) is 49.0 Å². The zero-order valence-electron chi connectivity index (χ0n) is 27.1. The molecule has 2 unspecified atom stereocenters. The number of para-hydroxylation sites is 1. The highest BCUT2D eigenvalue weighted by atomic mass is 35.5. The summed E-state index contributed by atoms with van der Waals surface area (Å²) in [6.45, 7) is 10.5. The van der Waals surface area contributed by atoms with Crippen LogP contribution < -0.4 is 9.86 Å². The molecule has 0 bridgehead atoms. The number of benzene rings is 2. The number of aryl methyl sites for hydroxylation is 1. The van der Waals surface area contributed by atoms with E-state index in [0.717, 1.165) is 28.5 Å². The molecule has 0 aliphatic carbocycles. The Bertz CT molecular complexity index is 1890. The highest BCUT2D eigenvalue weighted by molar-refractivity contribution is 7.93. The summed E-state index contributed by atoms with van der Waals surface area (Å²) in [5.41, 5.74) is 2.88. The number of halogens is 1. The zero-order valence-corrected chi connectivity index (χ0v) is 28.7. The van der Waals surface area contributed by atoms with E-state index in [2.05, 4.69) is 29.8 Å². The van der Waals surface area contributed by atoms with Crippen molar-refractivity contribution in [2.24, 2.45) is 13.0 Å². The molecule has 0 radical (unpaired) electrons. The van der Waals surface area contributed by atoms with E-state index in [1.807, 2.05) is 30.2 Å². The third-order valence-corrected chi connectivity index (χ3v) is 11.3. The van der Waals surface area contributed by atoms with E-state index in [0.29, 0.717) is 31.0 Å².